The molecule has 3 rings (SSSR count). The third-order valence-electron chi connectivity index (χ3n) is 3.49. The van der Waals surface area contributed by atoms with Crippen LogP contribution in [0.1, 0.15) is 31.2 Å². The van der Waals surface area contributed by atoms with Crippen LogP contribution in [0.4, 0.5) is 10.8 Å². The minimum absolute atomic E-state index is 0.165. The van der Waals surface area contributed by atoms with E-state index in [4.69, 9.17) is 0 Å². The predicted molar refractivity (Wildman–Crippen MR) is 85.0 cm³/mol. The molecule has 0 aliphatic carbocycles. The fourth-order valence-corrected chi connectivity index (χ4v) is 3.11. The summed E-state index contributed by atoms with van der Waals surface area (Å²) in [7, 11) is 0. The van der Waals surface area contributed by atoms with Crippen LogP contribution in [0.3, 0.4) is 0 Å². The van der Waals surface area contributed by atoms with Crippen LogP contribution in [0, 0.1) is 0 Å². The molecule has 21 heavy (non-hydrogen) atoms. The second kappa shape index (κ2) is 5.81. The zero-order chi connectivity index (χ0) is 14.8. The first-order valence-electron chi connectivity index (χ1n) is 7.11. The summed E-state index contributed by atoms with van der Waals surface area (Å²) in [6.07, 6.45) is 0.506. The highest BCUT2D eigenvalue weighted by molar-refractivity contribution is 7.09. The fourth-order valence-electron chi connectivity index (χ4n) is 2.38. The largest absolute Gasteiger partial charge is 0.358 e. The first kappa shape index (κ1) is 14.0. The number of benzene rings is 1. The Morgan fingerprint density at radius 3 is 2.95 bits per heavy atom. The van der Waals surface area contributed by atoms with Crippen molar-refractivity contribution < 1.29 is 4.79 Å². The number of amides is 1. The molecule has 2 aromatic rings. The molecular weight excluding hydrogens is 284 g/mol. The quantitative estimate of drug-likeness (QED) is 0.922. The van der Waals surface area contributed by atoms with Crippen LogP contribution in [0.25, 0.3) is 0 Å². The topological polar surface area (TPSA) is 58.1 Å². The zero-order valence-electron chi connectivity index (χ0n) is 12.2. The number of nitrogens with one attached hydrogen (secondary N) is 1. The Hall–Kier alpha value is -1.95. The van der Waals surface area contributed by atoms with E-state index in [0.717, 1.165) is 22.2 Å². The van der Waals surface area contributed by atoms with Crippen molar-refractivity contribution in [3.8, 4) is 0 Å². The summed E-state index contributed by atoms with van der Waals surface area (Å²) in [6.45, 7) is 5.47. The maximum atomic E-state index is 12.0. The number of fused-ring (bicyclic) bond motifs is 1. The van der Waals surface area contributed by atoms with Crippen molar-refractivity contribution in [1.82, 2.24) is 9.36 Å². The molecule has 1 N–H and O–H groups in total. The van der Waals surface area contributed by atoms with E-state index >= 15 is 0 Å². The smallest absolute Gasteiger partial charge is 0.231 e. The molecule has 0 unspecified atom stereocenters. The lowest BCUT2D eigenvalue weighted by Crippen LogP contribution is -2.31. The minimum Gasteiger partial charge on any atom is -0.358 e. The van der Waals surface area contributed by atoms with Crippen molar-refractivity contribution in [2.24, 2.45) is 0 Å². The molecule has 0 spiro atoms. The van der Waals surface area contributed by atoms with Gasteiger partial charge in [-0.1, -0.05) is 32.0 Å². The first-order valence-corrected chi connectivity index (χ1v) is 7.88. The zero-order valence-corrected chi connectivity index (χ0v) is 13.0. The van der Waals surface area contributed by atoms with Gasteiger partial charge in [0.25, 0.3) is 0 Å². The molecular formula is C15H18N4OS. The fraction of sp³-hybridized carbons (Fsp3) is 0.400. The second-order valence-corrected chi connectivity index (χ2v) is 6.14. The van der Waals surface area contributed by atoms with Gasteiger partial charge in [-0.15, -0.1) is 0 Å². The third kappa shape index (κ3) is 2.90. The van der Waals surface area contributed by atoms with Gasteiger partial charge in [-0.25, -0.2) is 4.98 Å². The van der Waals surface area contributed by atoms with E-state index in [0.29, 0.717) is 25.4 Å². The number of hydrogen-bond donors (Lipinski definition) is 1. The predicted octanol–water partition coefficient (Wildman–Crippen LogP) is 2.66. The standard InChI is InChI=1S/C15H18N4OS/c1-10(2)14-17-15(21-18-14)16-7-8-19-12-6-4-3-5-11(12)9-13(19)20/h3-6,10H,7-9H2,1-2H3,(H,16,17,18). The van der Waals surface area contributed by atoms with Crippen molar-refractivity contribution in [3.63, 3.8) is 0 Å². The van der Waals surface area contributed by atoms with Crippen LogP contribution in [0.15, 0.2) is 24.3 Å². The van der Waals surface area contributed by atoms with Crippen molar-refractivity contribution in [3.05, 3.63) is 35.7 Å². The summed E-state index contributed by atoms with van der Waals surface area (Å²) >= 11 is 1.37. The number of anilines is 2. The molecule has 5 nitrogen and oxygen atoms in total. The lowest BCUT2D eigenvalue weighted by Gasteiger charge is -2.17. The highest BCUT2D eigenvalue weighted by Crippen LogP contribution is 2.28. The van der Waals surface area contributed by atoms with E-state index in [2.05, 4.69) is 28.5 Å². The van der Waals surface area contributed by atoms with Crippen LogP contribution in [-0.4, -0.2) is 28.4 Å². The van der Waals surface area contributed by atoms with Gasteiger partial charge < -0.3 is 10.2 Å². The van der Waals surface area contributed by atoms with Gasteiger partial charge in [-0.3, -0.25) is 4.79 Å². The Morgan fingerprint density at radius 1 is 1.38 bits per heavy atom. The van der Waals surface area contributed by atoms with E-state index in [1.165, 1.54) is 11.5 Å². The summed E-state index contributed by atoms with van der Waals surface area (Å²) in [5.41, 5.74) is 2.14. The number of rotatable bonds is 5. The van der Waals surface area contributed by atoms with Crippen LogP contribution in [-0.2, 0) is 11.2 Å². The monoisotopic (exact) mass is 302 g/mol. The molecule has 1 aromatic carbocycles. The van der Waals surface area contributed by atoms with Crippen LogP contribution in [0.5, 0.6) is 0 Å². The molecule has 2 heterocycles. The second-order valence-electron chi connectivity index (χ2n) is 5.39. The average molecular weight is 302 g/mol. The van der Waals surface area contributed by atoms with E-state index in [1.54, 1.807) is 0 Å². The molecule has 1 aliphatic rings. The number of carbonyl (C=O) groups excluding carboxylic acids is 1. The summed E-state index contributed by atoms with van der Waals surface area (Å²) < 4.78 is 4.30. The molecule has 0 saturated heterocycles. The SMILES string of the molecule is CC(C)c1nsc(NCCN2C(=O)Cc3ccccc32)n1. The number of para-hydroxylation sites is 1. The van der Waals surface area contributed by atoms with E-state index in [-0.39, 0.29) is 5.91 Å². The minimum atomic E-state index is 0.165. The van der Waals surface area contributed by atoms with Crippen molar-refractivity contribution in [2.75, 3.05) is 23.3 Å². The first-order chi connectivity index (χ1) is 10.1. The van der Waals surface area contributed by atoms with E-state index in [1.807, 2.05) is 29.2 Å². The van der Waals surface area contributed by atoms with Gasteiger partial charge in [0.1, 0.15) is 5.82 Å². The van der Waals surface area contributed by atoms with Gasteiger partial charge in [-0.2, -0.15) is 4.37 Å². The molecule has 1 amide bonds. The average Bonchev–Trinajstić information content (AvgIpc) is 3.04. The molecule has 0 fully saturated rings. The third-order valence-corrected chi connectivity index (χ3v) is 4.18. The van der Waals surface area contributed by atoms with Crippen LogP contribution < -0.4 is 10.2 Å². The van der Waals surface area contributed by atoms with Gasteiger partial charge in [0.05, 0.1) is 6.42 Å². The Labute approximate surface area is 128 Å². The molecule has 1 aliphatic heterocycles. The summed E-state index contributed by atoms with van der Waals surface area (Å²) in [5.74, 6) is 1.37. The van der Waals surface area contributed by atoms with Gasteiger partial charge in [0.2, 0.25) is 11.0 Å². The Balaban J connectivity index is 1.59. The molecule has 1 aromatic heterocycles. The lowest BCUT2D eigenvalue weighted by molar-refractivity contribution is -0.117. The summed E-state index contributed by atoms with van der Waals surface area (Å²) in [4.78, 5) is 18.3. The van der Waals surface area contributed by atoms with Gasteiger partial charge in [0.15, 0.2) is 0 Å². The summed E-state index contributed by atoms with van der Waals surface area (Å²) in [6, 6.07) is 7.96. The van der Waals surface area contributed by atoms with Gasteiger partial charge in [0, 0.05) is 36.2 Å². The normalized spacial score (nSPS) is 13.9. The molecule has 0 radical (unpaired) electrons. The molecule has 110 valence electrons. The Kier molecular flexibility index (Phi) is 3.88. The van der Waals surface area contributed by atoms with Crippen molar-refractivity contribution >= 4 is 28.3 Å². The Bertz CT molecular complexity index is 653. The molecule has 0 bridgehead atoms. The highest BCUT2D eigenvalue weighted by atomic mass is 32.1. The van der Waals surface area contributed by atoms with Crippen molar-refractivity contribution in [2.45, 2.75) is 26.2 Å². The van der Waals surface area contributed by atoms with E-state index in [9.17, 15) is 4.79 Å². The van der Waals surface area contributed by atoms with Gasteiger partial charge in [-0.05, 0) is 11.6 Å². The van der Waals surface area contributed by atoms with E-state index < -0.39 is 0 Å². The maximum Gasteiger partial charge on any atom is 0.231 e. The summed E-state index contributed by atoms with van der Waals surface area (Å²) in [5, 5.41) is 4.07. The highest BCUT2D eigenvalue weighted by Gasteiger charge is 2.26. The number of nitrogens with zero attached hydrogens (tertiary/aromatic N) is 3. The molecule has 0 saturated carbocycles. The molecule has 6 heteroatoms. The van der Waals surface area contributed by atoms with Crippen LogP contribution in [0.2, 0.25) is 0 Å². The lowest BCUT2D eigenvalue weighted by atomic mass is 10.2. The van der Waals surface area contributed by atoms with Crippen LogP contribution >= 0.6 is 11.5 Å². The number of carbonyl (C=O) groups is 1. The molecule has 0 atom stereocenters. The number of aromatic nitrogens is 2. The Morgan fingerprint density at radius 2 is 2.19 bits per heavy atom. The van der Waals surface area contributed by atoms with Gasteiger partial charge >= 0.3 is 0 Å². The maximum absolute atomic E-state index is 12.0. The van der Waals surface area contributed by atoms with Crippen molar-refractivity contribution in [1.29, 1.82) is 0 Å². The number of hydrogen-bond acceptors (Lipinski definition) is 5.